The smallest absolute Gasteiger partial charge is 0.328 e. The lowest BCUT2D eigenvalue weighted by molar-refractivity contribution is -0.131. The van der Waals surface area contributed by atoms with E-state index in [-0.39, 0.29) is 5.82 Å². The highest BCUT2D eigenvalue weighted by Crippen LogP contribution is 2.40. The van der Waals surface area contributed by atoms with Gasteiger partial charge in [-0.2, -0.15) is 0 Å². The zero-order valence-corrected chi connectivity index (χ0v) is 20.9. The number of allylic oxidation sites excluding steroid dienone is 4. The quantitative estimate of drug-likeness (QED) is 0.192. The number of hydrogen-bond acceptors (Lipinski definition) is 2. The van der Waals surface area contributed by atoms with Crippen LogP contribution in [0.4, 0.5) is 4.39 Å². The van der Waals surface area contributed by atoms with E-state index < -0.39 is 5.97 Å². The molecule has 0 aliphatic heterocycles. The van der Waals surface area contributed by atoms with Crippen LogP contribution in [0.5, 0.6) is 0 Å². The Morgan fingerprint density at radius 3 is 2.31 bits per heavy atom. The zero-order chi connectivity index (χ0) is 25.5. The summed E-state index contributed by atoms with van der Waals surface area (Å²) < 4.78 is 13.8. The Balaban J connectivity index is 2.30. The molecule has 3 aromatic carbocycles. The van der Waals surface area contributed by atoms with E-state index in [9.17, 15) is 9.18 Å². The Labute approximate surface area is 211 Å². The lowest BCUT2D eigenvalue weighted by Crippen LogP contribution is -2.02. The Morgan fingerprint density at radius 2 is 1.71 bits per heavy atom. The molecule has 0 unspecified atom stereocenters. The molecule has 3 nitrogen and oxygen atoms in total. The molecular formula is C30H29ClFNO2. The molecule has 5 heteroatoms. The molecule has 0 bridgehead atoms. The van der Waals surface area contributed by atoms with Crippen LogP contribution in [0, 0.1) is 5.82 Å². The van der Waals surface area contributed by atoms with Crippen molar-refractivity contribution in [3.8, 4) is 0 Å². The second-order valence-corrected chi connectivity index (χ2v) is 8.64. The zero-order valence-electron chi connectivity index (χ0n) is 20.1. The minimum atomic E-state index is -0.998. The van der Waals surface area contributed by atoms with Gasteiger partial charge in [0, 0.05) is 12.6 Å². The van der Waals surface area contributed by atoms with Crippen molar-refractivity contribution in [2.75, 3.05) is 0 Å². The van der Waals surface area contributed by atoms with E-state index in [1.165, 1.54) is 12.1 Å². The molecule has 0 amide bonds. The minimum absolute atomic E-state index is 0.355. The van der Waals surface area contributed by atoms with Gasteiger partial charge in [-0.05, 0) is 88.6 Å². The molecule has 0 atom stereocenters. The largest absolute Gasteiger partial charge is 0.478 e. The average Bonchev–Trinajstić information content (AvgIpc) is 2.86. The molecule has 3 rings (SSSR count). The van der Waals surface area contributed by atoms with E-state index in [0.717, 1.165) is 56.2 Å². The van der Waals surface area contributed by atoms with Gasteiger partial charge in [-0.25, -0.2) is 9.18 Å². The van der Waals surface area contributed by atoms with Gasteiger partial charge < -0.3 is 10.8 Å². The summed E-state index contributed by atoms with van der Waals surface area (Å²) in [5, 5.41) is 9.29. The number of hydrogen-bond donors (Lipinski definition) is 2. The van der Waals surface area contributed by atoms with Crippen LogP contribution in [0.15, 0.2) is 78.4 Å². The summed E-state index contributed by atoms with van der Waals surface area (Å²) in [5.41, 5.74) is 14.8. The number of rotatable bonds is 8. The Hall–Kier alpha value is -3.47. The monoisotopic (exact) mass is 489 g/mol. The lowest BCUT2D eigenvalue weighted by Gasteiger charge is -2.21. The lowest BCUT2D eigenvalue weighted by atomic mass is 9.84. The fourth-order valence-electron chi connectivity index (χ4n) is 4.24. The Bertz CT molecular complexity index is 1320. The summed E-state index contributed by atoms with van der Waals surface area (Å²) in [6, 6.07) is 20.2. The van der Waals surface area contributed by atoms with Gasteiger partial charge in [0.25, 0.3) is 0 Å². The number of nitrogens with two attached hydrogens (primary N) is 1. The maximum atomic E-state index is 13.8. The molecule has 180 valence electrons. The first-order chi connectivity index (χ1) is 16.8. The second-order valence-electron chi connectivity index (χ2n) is 8.24. The third-order valence-electron chi connectivity index (χ3n) is 6.11. The van der Waals surface area contributed by atoms with Crippen molar-refractivity contribution in [1.29, 1.82) is 0 Å². The number of halogens is 2. The van der Waals surface area contributed by atoms with Crippen LogP contribution in [-0.2, 0) is 11.3 Å². The molecule has 0 spiro atoms. The summed E-state index contributed by atoms with van der Waals surface area (Å²) in [6.45, 7) is 6.63. The Morgan fingerprint density at radius 1 is 1.03 bits per heavy atom. The first-order valence-corrected chi connectivity index (χ1v) is 11.8. The van der Waals surface area contributed by atoms with E-state index in [1.54, 1.807) is 12.1 Å². The van der Waals surface area contributed by atoms with Crippen molar-refractivity contribution in [3.05, 3.63) is 117 Å². The normalized spacial score (nSPS) is 13.0. The van der Waals surface area contributed by atoms with Gasteiger partial charge in [-0.1, -0.05) is 73.1 Å². The van der Waals surface area contributed by atoms with Gasteiger partial charge in [0.1, 0.15) is 5.82 Å². The van der Waals surface area contributed by atoms with Crippen LogP contribution in [-0.4, -0.2) is 11.1 Å². The van der Waals surface area contributed by atoms with Gasteiger partial charge in [-0.15, -0.1) is 0 Å². The third kappa shape index (κ3) is 6.16. The first-order valence-electron chi connectivity index (χ1n) is 11.4. The van der Waals surface area contributed by atoms with E-state index >= 15 is 0 Å². The third-order valence-corrected chi connectivity index (χ3v) is 6.42. The number of carboxylic acid groups (broad SMARTS) is 1. The molecule has 0 radical (unpaired) electrons. The van der Waals surface area contributed by atoms with Gasteiger partial charge in [0.15, 0.2) is 0 Å². The minimum Gasteiger partial charge on any atom is -0.478 e. The fraction of sp³-hybridized carbons (Fsp3) is 0.167. The molecule has 0 aliphatic rings. The number of aliphatic carboxylic acids is 1. The maximum absolute atomic E-state index is 13.8. The predicted molar refractivity (Wildman–Crippen MR) is 144 cm³/mol. The van der Waals surface area contributed by atoms with Crippen LogP contribution >= 0.6 is 11.6 Å². The van der Waals surface area contributed by atoms with Crippen LogP contribution in [0.3, 0.4) is 0 Å². The fourth-order valence-corrected chi connectivity index (χ4v) is 4.52. The van der Waals surface area contributed by atoms with E-state index in [2.05, 4.69) is 26.8 Å². The van der Waals surface area contributed by atoms with E-state index in [4.69, 9.17) is 22.4 Å². The molecule has 0 aliphatic carbocycles. The summed E-state index contributed by atoms with van der Waals surface area (Å²) in [6.07, 6.45) is 3.34. The highest BCUT2D eigenvalue weighted by Gasteiger charge is 2.18. The van der Waals surface area contributed by atoms with Crippen LogP contribution < -0.4 is 5.73 Å². The van der Waals surface area contributed by atoms with Crippen molar-refractivity contribution in [1.82, 2.24) is 0 Å². The van der Waals surface area contributed by atoms with Crippen LogP contribution in [0.2, 0.25) is 5.02 Å². The van der Waals surface area contributed by atoms with Crippen LogP contribution in [0.1, 0.15) is 55.0 Å². The number of carboxylic acids is 1. The number of carbonyl (C=O) groups is 1. The molecule has 0 heterocycles. The van der Waals surface area contributed by atoms with Crippen molar-refractivity contribution in [2.24, 2.45) is 5.73 Å². The summed E-state index contributed by atoms with van der Waals surface area (Å²) >= 11 is 6.51. The predicted octanol–water partition coefficient (Wildman–Crippen LogP) is 7.85. The van der Waals surface area contributed by atoms with E-state index in [0.29, 0.717) is 18.0 Å². The van der Waals surface area contributed by atoms with Crippen molar-refractivity contribution >= 4 is 40.4 Å². The summed E-state index contributed by atoms with van der Waals surface area (Å²) in [7, 11) is 0. The standard InChI is InChI=1S/C30H29ClFNO2/c1-4-25(27-15-14-24(32)17-28(27)31)30(22-12-9-21(10-13-22)11-16-29(34)35)20(3)19(2)26-8-6-5-7-23(26)18-33/h5-17H,4,18,33H2,1-3H3,(H,34,35)/b16-11+,20-19+,30-25-. The first kappa shape index (κ1) is 26.1. The highest BCUT2D eigenvalue weighted by atomic mass is 35.5. The highest BCUT2D eigenvalue weighted by molar-refractivity contribution is 6.32. The molecule has 3 aromatic rings. The topological polar surface area (TPSA) is 63.3 Å². The van der Waals surface area contributed by atoms with E-state index in [1.807, 2.05) is 42.5 Å². The van der Waals surface area contributed by atoms with Crippen LogP contribution in [0.25, 0.3) is 22.8 Å². The Kier molecular flexibility index (Phi) is 8.80. The molecule has 0 aromatic heterocycles. The maximum Gasteiger partial charge on any atom is 0.328 e. The molecular weight excluding hydrogens is 461 g/mol. The van der Waals surface area contributed by atoms with Gasteiger partial charge in [-0.3, -0.25) is 0 Å². The van der Waals surface area contributed by atoms with Crippen molar-refractivity contribution < 1.29 is 14.3 Å². The van der Waals surface area contributed by atoms with Gasteiger partial charge in [0.05, 0.1) is 5.02 Å². The molecule has 3 N–H and O–H groups in total. The number of benzene rings is 3. The SMILES string of the molecule is CC/C(=C(\C(C)=C(/C)c1ccccc1CN)c1ccc(/C=C/C(=O)O)cc1)c1ccc(F)cc1Cl. The molecule has 35 heavy (non-hydrogen) atoms. The summed E-state index contributed by atoms with van der Waals surface area (Å²) in [4.78, 5) is 10.9. The molecule has 0 saturated heterocycles. The summed E-state index contributed by atoms with van der Waals surface area (Å²) in [5.74, 6) is -1.38. The van der Waals surface area contributed by atoms with Gasteiger partial charge in [0.2, 0.25) is 0 Å². The van der Waals surface area contributed by atoms with Crippen molar-refractivity contribution in [3.63, 3.8) is 0 Å². The van der Waals surface area contributed by atoms with Crippen molar-refractivity contribution in [2.45, 2.75) is 33.7 Å². The van der Waals surface area contributed by atoms with Gasteiger partial charge >= 0.3 is 5.97 Å². The second kappa shape index (κ2) is 11.8. The average molecular weight is 490 g/mol. The molecule has 0 fully saturated rings. The molecule has 0 saturated carbocycles.